The highest BCUT2D eigenvalue weighted by molar-refractivity contribution is 7.80. The molecule has 2 rings (SSSR count). The Labute approximate surface area is 119 Å². The molecule has 2 aromatic rings. The molecule has 0 heterocycles. The van der Waals surface area contributed by atoms with Gasteiger partial charge in [-0.25, -0.2) is 0 Å². The zero-order valence-corrected chi connectivity index (χ0v) is 11.8. The number of anilines is 1. The van der Waals surface area contributed by atoms with E-state index in [0.29, 0.717) is 4.99 Å². The van der Waals surface area contributed by atoms with Crippen molar-refractivity contribution >= 4 is 22.9 Å². The molecular formula is C16H18N2S. The van der Waals surface area contributed by atoms with Crippen LogP contribution in [0.4, 0.5) is 5.69 Å². The molecule has 0 fully saturated rings. The van der Waals surface area contributed by atoms with Crippen molar-refractivity contribution in [3.05, 3.63) is 66.2 Å². The highest BCUT2D eigenvalue weighted by Gasteiger charge is 2.16. The molecular weight excluding hydrogens is 252 g/mol. The molecule has 2 N–H and O–H groups in total. The van der Waals surface area contributed by atoms with Crippen LogP contribution in [0.3, 0.4) is 0 Å². The van der Waals surface area contributed by atoms with Gasteiger partial charge >= 0.3 is 0 Å². The van der Waals surface area contributed by atoms with E-state index < -0.39 is 0 Å². The van der Waals surface area contributed by atoms with Gasteiger partial charge in [-0.15, -0.1) is 0 Å². The highest BCUT2D eigenvalue weighted by Crippen LogP contribution is 2.20. The van der Waals surface area contributed by atoms with Gasteiger partial charge in [-0.1, -0.05) is 60.7 Å². The third-order valence-corrected chi connectivity index (χ3v) is 3.48. The molecule has 0 aliphatic rings. The molecule has 0 aromatic heterocycles. The van der Waals surface area contributed by atoms with Crippen LogP contribution in [0.15, 0.2) is 60.7 Å². The topological polar surface area (TPSA) is 29.3 Å². The average molecular weight is 270 g/mol. The summed E-state index contributed by atoms with van der Waals surface area (Å²) in [5.74, 6) is 0.0707. The van der Waals surface area contributed by atoms with Gasteiger partial charge in [-0.2, -0.15) is 0 Å². The Kier molecular flexibility index (Phi) is 4.53. The summed E-state index contributed by atoms with van der Waals surface area (Å²) in [6.07, 6.45) is 0. The Bertz CT molecular complexity index is 525. The van der Waals surface area contributed by atoms with Crippen LogP contribution in [0.2, 0.25) is 0 Å². The van der Waals surface area contributed by atoms with E-state index in [4.69, 9.17) is 18.0 Å². The number of hydrogen-bond donors (Lipinski definition) is 1. The lowest BCUT2D eigenvalue weighted by molar-refractivity contribution is 0.825. The molecule has 1 unspecified atom stereocenters. The predicted molar refractivity (Wildman–Crippen MR) is 85.7 cm³/mol. The first-order valence-electron chi connectivity index (χ1n) is 6.29. The van der Waals surface area contributed by atoms with E-state index in [9.17, 15) is 0 Å². The van der Waals surface area contributed by atoms with E-state index in [1.54, 1.807) is 0 Å². The summed E-state index contributed by atoms with van der Waals surface area (Å²) in [7, 11) is 2.06. The summed E-state index contributed by atoms with van der Waals surface area (Å²) in [5, 5.41) is 0. The standard InChI is InChI=1S/C16H18N2S/c1-18(14-10-6-3-7-11-14)12-15(16(17)19)13-8-4-2-5-9-13/h2-11,15H,12H2,1H3,(H2,17,19). The first-order chi connectivity index (χ1) is 9.18. The van der Waals surface area contributed by atoms with Crippen molar-refractivity contribution in [3.63, 3.8) is 0 Å². The molecule has 0 radical (unpaired) electrons. The van der Waals surface area contributed by atoms with Crippen LogP contribution in [0.5, 0.6) is 0 Å². The van der Waals surface area contributed by atoms with Crippen molar-refractivity contribution in [2.45, 2.75) is 5.92 Å². The third-order valence-electron chi connectivity index (χ3n) is 3.20. The quantitative estimate of drug-likeness (QED) is 0.846. The Morgan fingerprint density at radius 1 is 1.05 bits per heavy atom. The maximum Gasteiger partial charge on any atom is 0.0821 e. The minimum atomic E-state index is 0.0707. The van der Waals surface area contributed by atoms with Crippen LogP contribution in [0, 0.1) is 0 Å². The zero-order chi connectivity index (χ0) is 13.7. The van der Waals surface area contributed by atoms with Crippen LogP contribution in [0.25, 0.3) is 0 Å². The predicted octanol–water partition coefficient (Wildman–Crippen LogP) is 3.19. The molecule has 0 aliphatic carbocycles. The molecule has 0 amide bonds. The first-order valence-corrected chi connectivity index (χ1v) is 6.70. The van der Waals surface area contributed by atoms with E-state index >= 15 is 0 Å². The summed E-state index contributed by atoms with van der Waals surface area (Å²) in [5.41, 5.74) is 8.23. The summed E-state index contributed by atoms with van der Waals surface area (Å²) >= 11 is 5.22. The minimum Gasteiger partial charge on any atom is -0.393 e. The highest BCUT2D eigenvalue weighted by atomic mass is 32.1. The van der Waals surface area contributed by atoms with E-state index in [1.807, 2.05) is 36.4 Å². The minimum absolute atomic E-state index is 0.0707. The van der Waals surface area contributed by atoms with Gasteiger partial charge in [0.15, 0.2) is 0 Å². The Balaban J connectivity index is 2.16. The van der Waals surface area contributed by atoms with E-state index in [0.717, 1.165) is 12.1 Å². The maximum absolute atomic E-state index is 5.90. The summed E-state index contributed by atoms with van der Waals surface area (Å²) in [4.78, 5) is 2.71. The Hall–Kier alpha value is -1.87. The van der Waals surface area contributed by atoms with Crippen LogP contribution >= 0.6 is 12.2 Å². The van der Waals surface area contributed by atoms with Gasteiger partial charge in [-0.3, -0.25) is 0 Å². The van der Waals surface area contributed by atoms with Crippen LogP contribution in [-0.4, -0.2) is 18.6 Å². The molecule has 0 aliphatic heterocycles. The fourth-order valence-corrected chi connectivity index (χ4v) is 2.32. The van der Waals surface area contributed by atoms with Gasteiger partial charge in [0.1, 0.15) is 0 Å². The molecule has 98 valence electrons. The van der Waals surface area contributed by atoms with Crippen LogP contribution in [0.1, 0.15) is 11.5 Å². The molecule has 0 bridgehead atoms. The summed E-state index contributed by atoms with van der Waals surface area (Å²) < 4.78 is 0. The van der Waals surface area contributed by atoms with E-state index in [-0.39, 0.29) is 5.92 Å². The lowest BCUT2D eigenvalue weighted by Crippen LogP contribution is -2.31. The zero-order valence-electron chi connectivity index (χ0n) is 11.0. The van der Waals surface area contributed by atoms with Gasteiger partial charge in [0.05, 0.1) is 10.9 Å². The fraction of sp³-hybridized carbons (Fsp3) is 0.188. The molecule has 2 nitrogen and oxygen atoms in total. The molecule has 2 aromatic carbocycles. The average Bonchev–Trinajstić information content (AvgIpc) is 2.46. The molecule has 0 saturated heterocycles. The monoisotopic (exact) mass is 270 g/mol. The van der Waals surface area contributed by atoms with Crippen molar-refractivity contribution in [2.75, 3.05) is 18.5 Å². The summed E-state index contributed by atoms with van der Waals surface area (Å²) in [6, 6.07) is 20.4. The number of thiocarbonyl (C=S) groups is 1. The third kappa shape index (κ3) is 3.55. The normalized spacial score (nSPS) is 11.8. The Morgan fingerprint density at radius 3 is 2.11 bits per heavy atom. The number of hydrogen-bond acceptors (Lipinski definition) is 2. The van der Waals surface area contributed by atoms with Crippen molar-refractivity contribution in [1.29, 1.82) is 0 Å². The van der Waals surface area contributed by atoms with Crippen molar-refractivity contribution < 1.29 is 0 Å². The van der Waals surface area contributed by atoms with Gasteiger partial charge < -0.3 is 10.6 Å². The largest absolute Gasteiger partial charge is 0.393 e. The van der Waals surface area contributed by atoms with Crippen LogP contribution in [-0.2, 0) is 0 Å². The number of para-hydroxylation sites is 1. The van der Waals surface area contributed by atoms with Crippen molar-refractivity contribution in [3.8, 4) is 0 Å². The first kappa shape index (κ1) is 13.6. The molecule has 3 heteroatoms. The van der Waals surface area contributed by atoms with Gasteiger partial charge in [0, 0.05) is 19.3 Å². The van der Waals surface area contributed by atoms with Gasteiger partial charge in [0.25, 0.3) is 0 Å². The smallest absolute Gasteiger partial charge is 0.0821 e. The number of likely N-dealkylation sites (N-methyl/N-ethyl adjacent to an activating group) is 1. The molecule has 19 heavy (non-hydrogen) atoms. The number of nitrogens with zero attached hydrogens (tertiary/aromatic N) is 1. The second kappa shape index (κ2) is 6.34. The second-order valence-electron chi connectivity index (χ2n) is 4.58. The maximum atomic E-state index is 5.90. The van der Waals surface area contributed by atoms with Gasteiger partial charge in [0.2, 0.25) is 0 Å². The number of rotatable bonds is 5. The molecule has 0 saturated carbocycles. The van der Waals surface area contributed by atoms with Crippen molar-refractivity contribution in [2.24, 2.45) is 5.73 Å². The number of nitrogens with two attached hydrogens (primary N) is 1. The fourth-order valence-electron chi connectivity index (χ4n) is 2.11. The lowest BCUT2D eigenvalue weighted by atomic mass is 9.98. The number of benzene rings is 2. The Morgan fingerprint density at radius 2 is 1.58 bits per heavy atom. The van der Waals surface area contributed by atoms with Gasteiger partial charge in [-0.05, 0) is 17.7 Å². The summed E-state index contributed by atoms with van der Waals surface area (Å²) in [6.45, 7) is 0.781. The van der Waals surface area contributed by atoms with E-state index in [1.165, 1.54) is 5.69 Å². The molecule has 0 spiro atoms. The van der Waals surface area contributed by atoms with E-state index in [2.05, 4.69) is 36.2 Å². The second-order valence-corrected chi connectivity index (χ2v) is 5.05. The van der Waals surface area contributed by atoms with Crippen LogP contribution < -0.4 is 10.6 Å². The van der Waals surface area contributed by atoms with Crippen molar-refractivity contribution in [1.82, 2.24) is 0 Å². The SMILES string of the molecule is CN(CC(C(N)=S)c1ccccc1)c1ccccc1. The molecule has 1 atom stereocenters. The lowest BCUT2D eigenvalue weighted by Gasteiger charge is -2.25.